The quantitative estimate of drug-likeness (QED) is 0.625. The highest BCUT2D eigenvalue weighted by molar-refractivity contribution is 7.85. The van der Waals surface area contributed by atoms with E-state index >= 15 is 0 Å². The molecule has 1 atom stereocenters. The van der Waals surface area contributed by atoms with Gasteiger partial charge in [-0.15, -0.1) is 0 Å². The Bertz CT molecular complexity index is 315. The van der Waals surface area contributed by atoms with E-state index in [0.717, 1.165) is 6.26 Å². The van der Waals surface area contributed by atoms with Crippen molar-refractivity contribution in [2.24, 2.45) is 5.92 Å². The zero-order valence-corrected chi connectivity index (χ0v) is 8.21. The van der Waals surface area contributed by atoms with E-state index in [1.165, 1.54) is 6.08 Å². The van der Waals surface area contributed by atoms with Gasteiger partial charge in [0.1, 0.15) is 0 Å². The summed E-state index contributed by atoms with van der Waals surface area (Å²) in [5.74, 6) is 0.249. The summed E-state index contributed by atoms with van der Waals surface area (Å²) in [5, 5.41) is 0. The van der Waals surface area contributed by atoms with Crippen molar-refractivity contribution in [2.45, 2.75) is 12.8 Å². The summed E-state index contributed by atoms with van der Waals surface area (Å²) < 4.78 is 25.7. The Hall–Kier alpha value is -0.680. The van der Waals surface area contributed by atoms with Crippen LogP contribution < -0.4 is 0 Å². The first kappa shape index (κ1) is 10.4. The van der Waals surface area contributed by atoms with Crippen LogP contribution in [0.1, 0.15) is 12.8 Å². The van der Waals surface area contributed by atoms with Crippen molar-refractivity contribution >= 4 is 15.9 Å². The van der Waals surface area contributed by atoms with Gasteiger partial charge in [-0.05, 0) is 18.4 Å². The minimum Gasteiger partial charge on any atom is -0.295 e. The van der Waals surface area contributed by atoms with Gasteiger partial charge < -0.3 is 0 Å². The zero-order chi connectivity index (χ0) is 9.90. The van der Waals surface area contributed by atoms with Crippen molar-refractivity contribution in [3.63, 3.8) is 0 Å². The Morgan fingerprint density at radius 1 is 1.62 bits per heavy atom. The smallest absolute Gasteiger partial charge is 0.264 e. The minimum absolute atomic E-state index is 0.101. The van der Waals surface area contributed by atoms with Gasteiger partial charge in [-0.25, -0.2) is 0 Å². The molecule has 0 bridgehead atoms. The summed E-state index contributed by atoms with van der Waals surface area (Å²) in [4.78, 5) is 10.8. The van der Waals surface area contributed by atoms with Crippen molar-refractivity contribution in [2.75, 3.05) is 12.9 Å². The zero-order valence-electron chi connectivity index (χ0n) is 7.39. The second kappa shape index (κ2) is 4.02. The van der Waals surface area contributed by atoms with E-state index in [1.807, 2.05) is 0 Å². The molecule has 0 amide bonds. The highest BCUT2D eigenvalue weighted by atomic mass is 32.2. The van der Waals surface area contributed by atoms with Crippen molar-refractivity contribution in [1.29, 1.82) is 0 Å². The molecule has 0 aliphatic heterocycles. The van der Waals surface area contributed by atoms with Crippen LogP contribution in [0.5, 0.6) is 0 Å². The van der Waals surface area contributed by atoms with Crippen LogP contribution in [0.4, 0.5) is 0 Å². The number of hydrogen-bond donors (Lipinski definition) is 0. The average Bonchev–Trinajstić information content (AvgIpc) is 2.33. The molecule has 0 aromatic rings. The second-order valence-corrected chi connectivity index (χ2v) is 4.75. The highest BCUT2D eigenvalue weighted by Gasteiger charge is 2.16. The summed E-state index contributed by atoms with van der Waals surface area (Å²) in [6.45, 7) is 0.154. The molecular formula is C8H12O4S. The summed E-state index contributed by atoms with van der Waals surface area (Å²) in [6, 6.07) is 0. The van der Waals surface area contributed by atoms with Gasteiger partial charge in [0.15, 0.2) is 5.78 Å². The summed E-state index contributed by atoms with van der Waals surface area (Å²) in [5.41, 5.74) is 0. The molecule has 0 aromatic heterocycles. The Morgan fingerprint density at radius 3 is 2.77 bits per heavy atom. The lowest BCUT2D eigenvalue weighted by Gasteiger charge is -2.05. The molecule has 5 heteroatoms. The molecule has 74 valence electrons. The summed E-state index contributed by atoms with van der Waals surface area (Å²) >= 11 is 0. The van der Waals surface area contributed by atoms with E-state index < -0.39 is 10.1 Å². The number of rotatable bonds is 4. The number of carbonyl (C=O) groups excluding carboxylic acids is 1. The highest BCUT2D eigenvalue weighted by Crippen LogP contribution is 2.17. The largest absolute Gasteiger partial charge is 0.295 e. The molecule has 0 heterocycles. The third-order valence-corrected chi connectivity index (χ3v) is 2.40. The molecule has 0 aromatic carbocycles. The molecule has 13 heavy (non-hydrogen) atoms. The number of allylic oxidation sites excluding steroid dienone is 2. The van der Waals surface area contributed by atoms with Crippen molar-refractivity contribution in [3.8, 4) is 0 Å². The molecule has 1 unspecified atom stereocenters. The third-order valence-electron chi connectivity index (χ3n) is 1.80. The van der Waals surface area contributed by atoms with E-state index in [2.05, 4.69) is 4.18 Å². The molecule has 4 nitrogen and oxygen atoms in total. The van der Waals surface area contributed by atoms with Crippen molar-refractivity contribution in [3.05, 3.63) is 12.2 Å². The van der Waals surface area contributed by atoms with E-state index in [1.54, 1.807) is 6.08 Å². The van der Waals surface area contributed by atoms with Crippen LogP contribution in [-0.4, -0.2) is 27.1 Å². The van der Waals surface area contributed by atoms with Crippen LogP contribution in [0, 0.1) is 5.92 Å². The maximum atomic E-state index is 10.8. The molecule has 1 aliphatic carbocycles. The first-order valence-electron chi connectivity index (χ1n) is 4.03. The van der Waals surface area contributed by atoms with Gasteiger partial charge in [0.25, 0.3) is 10.1 Å². The molecule has 1 aliphatic rings. The average molecular weight is 204 g/mol. The number of carbonyl (C=O) groups is 1. The SMILES string of the molecule is CS(=O)(=O)OCCC1C=CC(=O)C1. The topological polar surface area (TPSA) is 60.4 Å². The molecule has 0 fully saturated rings. The molecule has 0 radical (unpaired) electrons. The first-order chi connectivity index (χ1) is 5.97. The number of ketones is 1. The van der Waals surface area contributed by atoms with Crippen LogP contribution in [0.25, 0.3) is 0 Å². The predicted octanol–water partition coefficient (Wildman–Crippen LogP) is 0.498. The normalized spacial score (nSPS) is 22.5. The lowest BCUT2D eigenvalue weighted by molar-refractivity contribution is -0.114. The first-order valence-corrected chi connectivity index (χ1v) is 5.84. The molecular weight excluding hydrogens is 192 g/mol. The molecule has 0 N–H and O–H groups in total. The fourth-order valence-corrected chi connectivity index (χ4v) is 1.59. The van der Waals surface area contributed by atoms with E-state index in [0.29, 0.717) is 12.8 Å². The Balaban J connectivity index is 2.22. The molecule has 1 rings (SSSR count). The Morgan fingerprint density at radius 2 is 2.31 bits per heavy atom. The van der Waals surface area contributed by atoms with E-state index in [4.69, 9.17) is 0 Å². The van der Waals surface area contributed by atoms with Crippen LogP contribution in [0.3, 0.4) is 0 Å². The van der Waals surface area contributed by atoms with Gasteiger partial charge in [0.05, 0.1) is 12.9 Å². The van der Waals surface area contributed by atoms with E-state index in [-0.39, 0.29) is 18.3 Å². The van der Waals surface area contributed by atoms with Crippen LogP contribution in [0.2, 0.25) is 0 Å². The fraction of sp³-hybridized carbons (Fsp3) is 0.625. The molecule has 0 saturated carbocycles. The summed E-state index contributed by atoms with van der Waals surface area (Å²) in [7, 11) is -3.34. The van der Waals surface area contributed by atoms with Crippen molar-refractivity contribution < 1.29 is 17.4 Å². The maximum Gasteiger partial charge on any atom is 0.264 e. The number of hydrogen-bond acceptors (Lipinski definition) is 4. The Labute approximate surface area is 77.7 Å². The maximum absolute atomic E-state index is 10.8. The van der Waals surface area contributed by atoms with Gasteiger partial charge in [0.2, 0.25) is 0 Å². The summed E-state index contributed by atoms with van der Waals surface area (Å²) in [6.07, 6.45) is 5.41. The standard InChI is InChI=1S/C8H12O4S/c1-13(10,11)12-5-4-7-2-3-8(9)6-7/h2-3,7H,4-6H2,1H3. The monoisotopic (exact) mass is 204 g/mol. The van der Waals surface area contributed by atoms with Crippen LogP contribution >= 0.6 is 0 Å². The molecule has 0 saturated heterocycles. The lowest BCUT2D eigenvalue weighted by atomic mass is 10.1. The fourth-order valence-electron chi connectivity index (χ4n) is 1.19. The Kier molecular flexibility index (Phi) is 3.22. The second-order valence-electron chi connectivity index (χ2n) is 3.10. The third kappa shape index (κ3) is 4.19. The van der Waals surface area contributed by atoms with Crippen LogP contribution in [-0.2, 0) is 19.1 Å². The van der Waals surface area contributed by atoms with Gasteiger partial charge in [-0.1, -0.05) is 6.08 Å². The van der Waals surface area contributed by atoms with Gasteiger partial charge in [0, 0.05) is 6.42 Å². The van der Waals surface area contributed by atoms with Crippen LogP contribution in [0.15, 0.2) is 12.2 Å². The lowest BCUT2D eigenvalue weighted by Crippen LogP contribution is -2.07. The van der Waals surface area contributed by atoms with Gasteiger partial charge in [-0.2, -0.15) is 8.42 Å². The van der Waals surface area contributed by atoms with Gasteiger partial charge >= 0.3 is 0 Å². The minimum atomic E-state index is -3.34. The van der Waals surface area contributed by atoms with E-state index in [9.17, 15) is 13.2 Å². The molecule has 0 spiro atoms. The van der Waals surface area contributed by atoms with Crippen molar-refractivity contribution in [1.82, 2.24) is 0 Å². The van der Waals surface area contributed by atoms with Gasteiger partial charge in [-0.3, -0.25) is 8.98 Å². The predicted molar refractivity (Wildman–Crippen MR) is 47.7 cm³/mol.